The van der Waals surface area contributed by atoms with Gasteiger partial charge in [0.1, 0.15) is 12.4 Å². The third-order valence-electron chi connectivity index (χ3n) is 4.99. The molecule has 1 amide bonds. The van der Waals surface area contributed by atoms with Crippen LogP contribution in [-0.2, 0) is 6.61 Å². The fraction of sp³-hybridized carbons (Fsp3) is 0.261. The predicted octanol–water partition coefficient (Wildman–Crippen LogP) is 5.02. The van der Waals surface area contributed by atoms with Gasteiger partial charge in [0.25, 0.3) is 5.91 Å². The molecule has 1 aromatic heterocycles. The molecule has 1 fully saturated rings. The van der Waals surface area contributed by atoms with E-state index in [0.717, 1.165) is 30.1 Å². The van der Waals surface area contributed by atoms with Gasteiger partial charge in [-0.1, -0.05) is 18.2 Å². The number of rotatable bonds is 6. The van der Waals surface area contributed by atoms with E-state index in [1.807, 2.05) is 42.5 Å². The number of ether oxygens (including phenoxy) is 1. The Kier molecular flexibility index (Phi) is 5.33. The number of benzene rings is 2. The Morgan fingerprint density at radius 1 is 1.11 bits per heavy atom. The topological polar surface area (TPSA) is 54.7 Å². The van der Waals surface area contributed by atoms with E-state index in [2.05, 4.69) is 23.2 Å². The Bertz CT molecular complexity index is 943. The summed E-state index contributed by atoms with van der Waals surface area (Å²) in [4.78, 5) is 15.1. The number of para-hydroxylation sites is 1. The van der Waals surface area contributed by atoms with Gasteiger partial charge in [0.15, 0.2) is 5.76 Å². The van der Waals surface area contributed by atoms with E-state index in [9.17, 15) is 4.79 Å². The summed E-state index contributed by atoms with van der Waals surface area (Å²) in [7, 11) is 0. The number of carbonyl (C=O) groups excluding carboxylic acids is 1. The number of nitrogens with one attached hydrogen (secondary N) is 1. The Balaban J connectivity index is 1.43. The smallest absolute Gasteiger partial charge is 0.291 e. The summed E-state index contributed by atoms with van der Waals surface area (Å²) in [5.41, 5.74) is 3.88. The number of furan rings is 1. The van der Waals surface area contributed by atoms with Crippen molar-refractivity contribution in [2.75, 3.05) is 23.3 Å². The summed E-state index contributed by atoms with van der Waals surface area (Å²) in [5.74, 6) is 0.755. The highest BCUT2D eigenvalue weighted by molar-refractivity contribution is 6.03. The van der Waals surface area contributed by atoms with Gasteiger partial charge in [-0.25, -0.2) is 0 Å². The van der Waals surface area contributed by atoms with Crippen molar-refractivity contribution >= 4 is 17.3 Å². The van der Waals surface area contributed by atoms with Crippen molar-refractivity contribution in [1.29, 1.82) is 0 Å². The zero-order valence-corrected chi connectivity index (χ0v) is 16.0. The molecule has 0 saturated carbocycles. The van der Waals surface area contributed by atoms with Crippen molar-refractivity contribution in [3.63, 3.8) is 0 Å². The monoisotopic (exact) mass is 376 g/mol. The first-order valence-corrected chi connectivity index (χ1v) is 9.62. The molecular weight excluding hydrogens is 352 g/mol. The van der Waals surface area contributed by atoms with Crippen LogP contribution >= 0.6 is 0 Å². The molecule has 1 N–H and O–H groups in total. The molecular formula is C23H24N2O3. The van der Waals surface area contributed by atoms with Crippen LogP contribution < -0.4 is 15.0 Å². The van der Waals surface area contributed by atoms with Crippen LogP contribution in [-0.4, -0.2) is 19.0 Å². The number of carbonyl (C=O) groups is 1. The molecule has 0 radical (unpaired) electrons. The number of hydrogen-bond acceptors (Lipinski definition) is 4. The van der Waals surface area contributed by atoms with Crippen molar-refractivity contribution in [3.05, 3.63) is 77.7 Å². The number of anilines is 2. The summed E-state index contributed by atoms with van der Waals surface area (Å²) in [5, 5.41) is 2.93. The molecule has 2 heterocycles. The minimum absolute atomic E-state index is 0.273. The minimum Gasteiger partial charge on any atom is -0.489 e. The molecule has 5 heteroatoms. The summed E-state index contributed by atoms with van der Waals surface area (Å²) >= 11 is 0. The molecule has 2 aromatic carbocycles. The quantitative estimate of drug-likeness (QED) is 0.656. The van der Waals surface area contributed by atoms with Gasteiger partial charge in [0, 0.05) is 30.0 Å². The normalized spacial score (nSPS) is 13.5. The highest BCUT2D eigenvalue weighted by Gasteiger charge is 2.18. The van der Waals surface area contributed by atoms with Gasteiger partial charge in [0.05, 0.1) is 6.26 Å². The van der Waals surface area contributed by atoms with Gasteiger partial charge in [-0.15, -0.1) is 0 Å². The summed E-state index contributed by atoms with van der Waals surface area (Å²) in [6, 6.07) is 17.3. The van der Waals surface area contributed by atoms with E-state index in [1.54, 1.807) is 6.07 Å². The molecule has 28 heavy (non-hydrogen) atoms. The van der Waals surface area contributed by atoms with Crippen LogP contribution in [0.25, 0.3) is 0 Å². The highest BCUT2D eigenvalue weighted by Crippen LogP contribution is 2.27. The summed E-state index contributed by atoms with van der Waals surface area (Å²) in [6.07, 6.45) is 3.99. The van der Waals surface area contributed by atoms with E-state index >= 15 is 0 Å². The summed E-state index contributed by atoms with van der Waals surface area (Å²) in [6.45, 7) is 4.55. The molecule has 5 nitrogen and oxygen atoms in total. The average Bonchev–Trinajstić information content (AvgIpc) is 3.39. The van der Waals surface area contributed by atoms with Crippen LogP contribution in [0.3, 0.4) is 0 Å². The van der Waals surface area contributed by atoms with Crippen LogP contribution in [0.2, 0.25) is 0 Å². The maximum Gasteiger partial charge on any atom is 0.291 e. The minimum atomic E-state index is -0.273. The highest BCUT2D eigenvalue weighted by atomic mass is 16.5. The number of hydrogen-bond donors (Lipinski definition) is 1. The van der Waals surface area contributed by atoms with Gasteiger partial charge in [0.2, 0.25) is 0 Å². The Morgan fingerprint density at radius 3 is 2.64 bits per heavy atom. The van der Waals surface area contributed by atoms with Crippen molar-refractivity contribution in [2.45, 2.75) is 26.4 Å². The molecule has 0 bridgehead atoms. The molecule has 4 rings (SSSR count). The van der Waals surface area contributed by atoms with Crippen molar-refractivity contribution < 1.29 is 13.9 Å². The fourth-order valence-electron chi connectivity index (χ4n) is 3.56. The second kappa shape index (κ2) is 8.21. The Labute approximate surface area is 164 Å². The van der Waals surface area contributed by atoms with Crippen LogP contribution in [0.1, 0.15) is 34.5 Å². The van der Waals surface area contributed by atoms with Crippen LogP contribution in [0.5, 0.6) is 5.75 Å². The third-order valence-corrected chi connectivity index (χ3v) is 4.99. The van der Waals surface area contributed by atoms with E-state index < -0.39 is 0 Å². The fourth-order valence-corrected chi connectivity index (χ4v) is 3.56. The van der Waals surface area contributed by atoms with Gasteiger partial charge in [-0.3, -0.25) is 4.79 Å². The second-order valence-electron chi connectivity index (χ2n) is 7.03. The number of nitrogens with zero attached hydrogens (tertiary/aromatic N) is 1. The second-order valence-corrected chi connectivity index (χ2v) is 7.03. The zero-order valence-electron chi connectivity index (χ0n) is 16.0. The van der Waals surface area contributed by atoms with Crippen molar-refractivity contribution in [1.82, 2.24) is 0 Å². The van der Waals surface area contributed by atoms with Gasteiger partial charge < -0.3 is 19.4 Å². The molecule has 0 unspecified atom stereocenters. The molecule has 0 aliphatic carbocycles. The maximum absolute atomic E-state index is 12.7. The largest absolute Gasteiger partial charge is 0.489 e. The van der Waals surface area contributed by atoms with E-state index in [1.165, 1.54) is 24.8 Å². The lowest BCUT2D eigenvalue weighted by Crippen LogP contribution is -2.19. The van der Waals surface area contributed by atoms with Gasteiger partial charge in [-0.2, -0.15) is 0 Å². The van der Waals surface area contributed by atoms with Crippen LogP contribution in [0.15, 0.2) is 65.3 Å². The molecule has 0 spiro atoms. The van der Waals surface area contributed by atoms with E-state index in [0.29, 0.717) is 5.56 Å². The van der Waals surface area contributed by atoms with Crippen LogP contribution in [0.4, 0.5) is 11.4 Å². The molecule has 144 valence electrons. The average molecular weight is 376 g/mol. The van der Waals surface area contributed by atoms with Gasteiger partial charge in [-0.05, 0) is 61.7 Å². The number of aryl methyl sites for hydroxylation is 1. The lowest BCUT2D eigenvalue weighted by atomic mass is 10.1. The van der Waals surface area contributed by atoms with Gasteiger partial charge >= 0.3 is 0 Å². The SMILES string of the molecule is Cc1cc(NC(=O)c2occc2COc2ccccc2)ccc1N1CCCC1. The predicted molar refractivity (Wildman–Crippen MR) is 110 cm³/mol. The molecule has 3 aromatic rings. The molecule has 1 aliphatic heterocycles. The first kappa shape index (κ1) is 18.2. The number of amides is 1. The van der Waals surface area contributed by atoms with Crippen molar-refractivity contribution in [3.8, 4) is 5.75 Å². The lowest BCUT2D eigenvalue weighted by Gasteiger charge is -2.20. The maximum atomic E-state index is 12.7. The Morgan fingerprint density at radius 2 is 1.89 bits per heavy atom. The summed E-state index contributed by atoms with van der Waals surface area (Å²) < 4.78 is 11.2. The Hall–Kier alpha value is -3.21. The molecule has 1 saturated heterocycles. The zero-order chi connectivity index (χ0) is 19.3. The molecule has 0 atom stereocenters. The van der Waals surface area contributed by atoms with E-state index in [-0.39, 0.29) is 18.3 Å². The third kappa shape index (κ3) is 4.03. The van der Waals surface area contributed by atoms with E-state index in [4.69, 9.17) is 9.15 Å². The first-order chi connectivity index (χ1) is 13.7. The first-order valence-electron chi connectivity index (χ1n) is 9.62. The van der Waals surface area contributed by atoms with Crippen LogP contribution in [0, 0.1) is 6.92 Å². The van der Waals surface area contributed by atoms with Crippen molar-refractivity contribution in [2.24, 2.45) is 0 Å². The lowest BCUT2D eigenvalue weighted by molar-refractivity contribution is 0.0993. The molecule has 1 aliphatic rings. The standard InChI is InChI=1S/C23H24N2O3/c1-17-15-19(9-10-21(17)25-12-5-6-13-25)24-23(26)22-18(11-14-27-22)16-28-20-7-3-2-4-8-20/h2-4,7-11,14-15H,5-6,12-13,16H2,1H3,(H,24,26).